The van der Waals surface area contributed by atoms with Gasteiger partial charge in [-0.15, -0.1) is 0 Å². The number of aromatic hydroxyl groups is 1. The topological polar surface area (TPSA) is 88.8 Å². The summed E-state index contributed by atoms with van der Waals surface area (Å²) >= 11 is 0. The quantitative estimate of drug-likeness (QED) is 0.481. The molecule has 0 aliphatic heterocycles. The van der Waals surface area contributed by atoms with Crippen molar-refractivity contribution in [2.45, 2.75) is 26.3 Å². The van der Waals surface area contributed by atoms with Gasteiger partial charge in [0, 0.05) is 47.3 Å². The van der Waals surface area contributed by atoms with E-state index in [1.54, 1.807) is 24.5 Å². The van der Waals surface area contributed by atoms with Gasteiger partial charge in [0.2, 0.25) is 0 Å². The predicted molar refractivity (Wildman–Crippen MR) is 109 cm³/mol. The first-order valence-electron chi connectivity index (χ1n) is 9.28. The molecule has 0 saturated heterocycles. The van der Waals surface area contributed by atoms with Gasteiger partial charge >= 0.3 is 0 Å². The van der Waals surface area contributed by atoms with Crippen LogP contribution in [0.3, 0.4) is 0 Å². The van der Waals surface area contributed by atoms with Gasteiger partial charge in [-0.3, -0.25) is 4.98 Å². The average molecular weight is 433 g/mol. The number of hydrogen-bond donors (Lipinski definition) is 2. The van der Waals surface area contributed by atoms with Gasteiger partial charge < -0.3 is 15.0 Å². The van der Waals surface area contributed by atoms with E-state index in [9.17, 15) is 5.11 Å². The van der Waals surface area contributed by atoms with Gasteiger partial charge in [0.05, 0.1) is 6.33 Å². The van der Waals surface area contributed by atoms with Crippen LogP contribution in [0.15, 0.2) is 55.1 Å². The molecule has 7 nitrogen and oxygen atoms in total. The Morgan fingerprint density at radius 1 is 1.10 bits per heavy atom. The fraction of sp³-hybridized carbons (Fsp3) is 0.238. The molecule has 0 amide bonds. The summed E-state index contributed by atoms with van der Waals surface area (Å²) in [5.41, 5.74) is 3.56. The number of anilines is 1. The monoisotopic (exact) mass is 433 g/mol. The van der Waals surface area contributed by atoms with Crippen LogP contribution in [-0.4, -0.2) is 36.2 Å². The van der Waals surface area contributed by atoms with Crippen LogP contribution in [0.25, 0.3) is 22.6 Å². The number of imidazole rings is 1. The molecule has 2 N–H and O–H groups in total. The molecule has 4 rings (SSSR count). The van der Waals surface area contributed by atoms with Gasteiger partial charge in [0.1, 0.15) is 11.3 Å². The van der Waals surface area contributed by atoms with Crippen LogP contribution in [0.5, 0.6) is 5.75 Å². The number of pyridine rings is 1. The maximum Gasteiger partial charge on any atom is 0.166 e. The first-order valence-corrected chi connectivity index (χ1v) is 9.28. The molecule has 0 spiro atoms. The Bertz CT molecular complexity index is 1080. The molecule has 0 aliphatic rings. The van der Waals surface area contributed by atoms with Crippen molar-refractivity contribution in [3.05, 3.63) is 60.7 Å². The zero-order valence-corrected chi connectivity index (χ0v) is 17.2. The second-order valence-electron chi connectivity index (χ2n) is 6.90. The normalized spacial score (nSPS) is 10.9. The number of benzene rings is 1. The smallest absolute Gasteiger partial charge is 0.166 e. The fourth-order valence-corrected chi connectivity index (χ4v) is 3.03. The standard InChI is InChI=1S/C21H22N6O.Co/c1-14(2)27-13-24-18-20(23-11-9-15-5-7-17(28)8-6-15)25-19(26-21(18)27)16-4-3-10-22-12-16;/h3-8,10,12-14,28H,9,11H2,1-2H3,(H,23,25,26);. The van der Waals surface area contributed by atoms with E-state index in [2.05, 4.69) is 29.1 Å². The number of phenols is 1. The summed E-state index contributed by atoms with van der Waals surface area (Å²) in [6.45, 7) is 4.90. The number of phenolic OH excluding ortho intramolecular Hbond substituents is 1. The maximum absolute atomic E-state index is 9.42. The largest absolute Gasteiger partial charge is 0.508 e. The Morgan fingerprint density at radius 2 is 1.90 bits per heavy atom. The maximum atomic E-state index is 9.42. The third kappa shape index (κ3) is 4.55. The number of nitrogens with zero attached hydrogens (tertiary/aromatic N) is 5. The van der Waals surface area contributed by atoms with Gasteiger partial charge in [0.25, 0.3) is 0 Å². The van der Waals surface area contributed by atoms with Gasteiger partial charge in [-0.05, 0) is 50.1 Å². The number of fused-ring (bicyclic) bond motifs is 1. The first-order chi connectivity index (χ1) is 13.6. The summed E-state index contributed by atoms with van der Waals surface area (Å²) < 4.78 is 2.04. The summed E-state index contributed by atoms with van der Waals surface area (Å²) in [4.78, 5) is 18.2. The van der Waals surface area contributed by atoms with Gasteiger partial charge in [-0.25, -0.2) is 15.0 Å². The molecule has 3 heterocycles. The molecular weight excluding hydrogens is 411 g/mol. The fourth-order valence-electron chi connectivity index (χ4n) is 3.03. The number of hydrogen-bond acceptors (Lipinski definition) is 6. The van der Waals surface area contributed by atoms with Crippen molar-refractivity contribution in [2.75, 3.05) is 11.9 Å². The minimum Gasteiger partial charge on any atom is -0.508 e. The molecule has 0 fully saturated rings. The van der Waals surface area contributed by atoms with Crippen LogP contribution < -0.4 is 5.32 Å². The molecule has 0 saturated carbocycles. The van der Waals surface area contributed by atoms with E-state index in [1.807, 2.05) is 35.2 Å². The van der Waals surface area contributed by atoms with Crippen molar-refractivity contribution in [3.8, 4) is 17.1 Å². The second-order valence-corrected chi connectivity index (χ2v) is 6.90. The predicted octanol–water partition coefficient (Wildman–Crippen LogP) is 3.83. The molecule has 8 heteroatoms. The average Bonchev–Trinajstić information content (AvgIpc) is 3.14. The van der Waals surface area contributed by atoms with Crippen molar-refractivity contribution in [2.24, 2.45) is 0 Å². The van der Waals surface area contributed by atoms with Crippen LogP contribution in [0.4, 0.5) is 5.82 Å². The van der Waals surface area contributed by atoms with Gasteiger partial charge in [0.15, 0.2) is 17.3 Å². The van der Waals surface area contributed by atoms with Crippen molar-refractivity contribution in [1.29, 1.82) is 0 Å². The van der Waals surface area contributed by atoms with Crippen LogP contribution >= 0.6 is 0 Å². The zero-order valence-electron chi connectivity index (χ0n) is 16.2. The summed E-state index contributed by atoms with van der Waals surface area (Å²) in [5, 5.41) is 12.8. The van der Waals surface area contributed by atoms with Crippen molar-refractivity contribution < 1.29 is 21.9 Å². The Balaban J connectivity index is 0.00000240. The SMILES string of the molecule is CC(C)n1cnc2c(NCCc3ccc(O)cc3)nc(-c3cccnc3)nc21.[Co]. The van der Waals surface area contributed by atoms with Crippen molar-refractivity contribution in [3.63, 3.8) is 0 Å². The van der Waals surface area contributed by atoms with Crippen LogP contribution in [0, 0.1) is 0 Å². The molecule has 151 valence electrons. The molecule has 0 unspecified atom stereocenters. The summed E-state index contributed by atoms with van der Waals surface area (Å²) in [5.74, 6) is 1.60. The zero-order chi connectivity index (χ0) is 19.5. The Morgan fingerprint density at radius 3 is 2.59 bits per heavy atom. The van der Waals surface area contributed by atoms with Crippen molar-refractivity contribution >= 4 is 17.0 Å². The molecule has 29 heavy (non-hydrogen) atoms. The summed E-state index contributed by atoms with van der Waals surface area (Å²) in [6, 6.07) is 11.3. The number of aromatic nitrogens is 5. The minimum atomic E-state index is 0. The van der Waals surface area contributed by atoms with Crippen LogP contribution in [0.2, 0.25) is 0 Å². The summed E-state index contributed by atoms with van der Waals surface area (Å²) in [7, 11) is 0. The third-order valence-electron chi connectivity index (χ3n) is 4.54. The van der Waals surface area contributed by atoms with E-state index in [-0.39, 0.29) is 28.6 Å². The van der Waals surface area contributed by atoms with Crippen LogP contribution in [-0.2, 0) is 23.2 Å². The first kappa shape index (κ1) is 20.8. The Kier molecular flexibility index (Phi) is 6.45. The van der Waals surface area contributed by atoms with E-state index < -0.39 is 0 Å². The van der Waals surface area contributed by atoms with E-state index in [0.717, 1.165) is 28.7 Å². The number of nitrogens with one attached hydrogen (secondary N) is 1. The third-order valence-corrected chi connectivity index (χ3v) is 4.54. The van der Waals surface area contributed by atoms with Gasteiger partial charge in [-0.1, -0.05) is 12.1 Å². The number of rotatable bonds is 6. The van der Waals surface area contributed by atoms with E-state index in [4.69, 9.17) is 9.97 Å². The molecular formula is C21H22CoN6O. The van der Waals surface area contributed by atoms with Crippen molar-refractivity contribution in [1.82, 2.24) is 24.5 Å². The molecule has 4 aromatic rings. The molecule has 0 bridgehead atoms. The van der Waals surface area contributed by atoms with Gasteiger partial charge in [-0.2, -0.15) is 0 Å². The van der Waals surface area contributed by atoms with E-state index in [1.165, 1.54) is 0 Å². The molecule has 0 atom stereocenters. The molecule has 1 radical (unpaired) electrons. The Labute approximate surface area is 179 Å². The summed E-state index contributed by atoms with van der Waals surface area (Å²) in [6.07, 6.45) is 6.11. The Hall–Kier alpha value is -2.97. The van der Waals surface area contributed by atoms with E-state index >= 15 is 0 Å². The van der Waals surface area contributed by atoms with E-state index in [0.29, 0.717) is 18.2 Å². The van der Waals surface area contributed by atoms with Crippen LogP contribution in [0.1, 0.15) is 25.5 Å². The molecule has 3 aromatic heterocycles. The molecule has 1 aromatic carbocycles. The minimum absolute atomic E-state index is 0. The molecule has 0 aliphatic carbocycles. The second kappa shape index (κ2) is 9.02.